The van der Waals surface area contributed by atoms with Crippen molar-refractivity contribution < 1.29 is 14.4 Å². The van der Waals surface area contributed by atoms with Gasteiger partial charge in [0.25, 0.3) is 11.8 Å². The first-order valence-corrected chi connectivity index (χ1v) is 15.2. The molecule has 0 spiro atoms. The molecule has 3 heterocycles. The number of nitrogens with one attached hydrogen (secondary N) is 1. The van der Waals surface area contributed by atoms with Gasteiger partial charge in [-0.1, -0.05) is 49.6 Å². The minimum absolute atomic E-state index is 0.0443. The van der Waals surface area contributed by atoms with Crippen molar-refractivity contribution in [1.29, 1.82) is 0 Å². The van der Waals surface area contributed by atoms with Gasteiger partial charge in [-0.3, -0.25) is 19.1 Å². The van der Waals surface area contributed by atoms with Crippen LogP contribution in [0.15, 0.2) is 48.0 Å². The summed E-state index contributed by atoms with van der Waals surface area (Å²) in [7, 11) is 5.54. The largest absolute Gasteiger partial charge is 0.342 e. The van der Waals surface area contributed by atoms with E-state index in [0.29, 0.717) is 36.7 Å². The molecule has 1 aliphatic carbocycles. The number of aromatic nitrogens is 1. The summed E-state index contributed by atoms with van der Waals surface area (Å²) in [6, 6.07) is 14.3. The van der Waals surface area contributed by atoms with Gasteiger partial charge in [-0.15, -0.1) is 0 Å². The SMILES string of the molecule is CN(C)SNC(=O)c1ccc2c(C3CCCCC3)c3n(c2c1)CC(C(=O)N1CCN(C)C(=O)C1)=Cc1ccccc1-3. The van der Waals surface area contributed by atoms with Crippen LogP contribution in [0.1, 0.15) is 59.5 Å². The highest BCUT2D eigenvalue weighted by atomic mass is 32.2. The lowest BCUT2D eigenvalue weighted by Gasteiger charge is -2.32. The molecule has 3 amide bonds. The number of amides is 3. The maximum absolute atomic E-state index is 13.9. The topological polar surface area (TPSA) is 77.9 Å². The fraction of sp³-hybridized carbons (Fsp3) is 0.406. The van der Waals surface area contributed by atoms with Crippen molar-refractivity contribution in [2.45, 2.75) is 44.6 Å². The second-order valence-electron chi connectivity index (χ2n) is 11.5. The van der Waals surface area contributed by atoms with Crippen LogP contribution in [0.3, 0.4) is 0 Å². The standard InChI is InChI=1S/C32H37N5O3S/c1-34(2)41-33-31(39)23-13-14-26-27(18-23)37-19-24(32(40)36-16-15-35(3)28(38)20-36)17-22-11-7-8-12-25(22)30(37)29(26)21-9-5-4-6-10-21/h7-8,11-14,17-18,21H,4-6,9-10,15-16,19-20H2,1-3H3,(H,33,39). The number of hydrogen-bond acceptors (Lipinski definition) is 5. The molecule has 214 valence electrons. The lowest BCUT2D eigenvalue weighted by atomic mass is 9.81. The molecule has 3 aromatic rings. The summed E-state index contributed by atoms with van der Waals surface area (Å²) in [4.78, 5) is 42.9. The minimum atomic E-state index is -0.155. The van der Waals surface area contributed by atoms with E-state index in [1.807, 2.05) is 42.7 Å². The number of carbonyl (C=O) groups excluding carboxylic acids is 3. The van der Waals surface area contributed by atoms with Gasteiger partial charge >= 0.3 is 0 Å². The molecule has 2 aromatic carbocycles. The Balaban J connectivity index is 1.51. The highest BCUT2D eigenvalue weighted by molar-refractivity contribution is 7.95. The molecular formula is C32H37N5O3S. The van der Waals surface area contributed by atoms with Crippen molar-refractivity contribution in [3.05, 3.63) is 64.7 Å². The van der Waals surface area contributed by atoms with Crippen LogP contribution >= 0.6 is 12.1 Å². The molecule has 1 saturated heterocycles. The molecule has 8 nitrogen and oxygen atoms in total. The van der Waals surface area contributed by atoms with Crippen molar-refractivity contribution in [1.82, 2.24) is 23.4 Å². The first kappa shape index (κ1) is 27.6. The van der Waals surface area contributed by atoms with Crippen LogP contribution in [0, 0.1) is 0 Å². The number of carbonyl (C=O) groups is 3. The number of benzene rings is 2. The van der Waals surface area contributed by atoms with Crippen molar-refractivity contribution in [2.24, 2.45) is 0 Å². The van der Waals surface area contributed by atoms with Crippen molar-refractivity contribution >= 4 is 46.8 Å². The van der Waals surface area contributed by atoms with Crippen LogP contribution in [0.4, 0.5) is 0 Å². The van der Waals surface area contributed by atoms with Gasteiger partial charge in [0.15, 0.2) is 0 Å². The predicted octanol–water partition coefficient (Wildman–Crippen LogP) is 4.91. The van der Waals surface area contributed by atoms with E-state index in [-0.39, 0.29) is 24.3 Å². The Kier molecular flexibility index (Phi) is 7.66. The van der Waals surface area contributed by atoms with Gasteiger partial charge in [0, 0.05) is 59.9 Å². The fourth-order valence-electron chi connectivity index (χ4n) is 6.47. The van der Waals surface area contributed by atoms with Gasteiger partial charge in [-0.05, 0) is 62.2 Å². The fourth-order valence-corrected chi connectivity index (χ4v) is 6.86. The highest BCUT2D eigenvalue weighted by Crippen LogP contribution is 2.46. The summed E-state index contributed by atoms with van der Waals surface area (Å²) in [5, 5.41) is 1.15. The molecule has 1 saturated carbocycles. The average Bonchev–Trinajstić information content (AvgIpc) is 3.19. The van der Waals surface area contributed by atoms with E-state index in [1.54, 1.807) is 16.8 Å². The van der Waals surface area contributed by atoms with Gasteiger partial charge in [0.05, 0.1) is 12.2 Å². The van der Waals surface area contributed by atoms with E-state index >= 15 is 0 Å². The van der Waals surface area contributed by atoms with Crippen LogP contribution in [-0.4, -0.2) is 77.2 Å². The van der Waals surface area contributed by atoms with Gasteiger partial charge in [0.2, 0.25) is 5.91 Å². The Hall–Kier alpha value is -3.56. The van der Waals surface area contributed by atoms with Crippen molar-refractivity contribution in [2.75, 3.05) is 40.8 Å². The number of rotatable bonds is 5. The Labute approximate surface area is 245 Å². The quantitative estimate of drug-likeness (QED) is 0.441. The Bertz CT molecular complexity index is 1550. The number of nitrogens with zero attached hydrogens (tertiary/aromatic N) is 4. The summed E-state index contributed by atoms with van der Waals surface area (Å²) in [5.74, 6) is 0.118. The van der Waals surface area contributed by atoms with E-state index in [4.69, 9.17) is 0 Å². The smallest absolute Gasteiger partial charge is 0.262 e. The van der Waals surface area contributed by atoms with Crippen LogP contribution in [0.25, 0.3) is 28.2 Å². The lowest BCUT2D eigenvalue weighted by Crippen LogP contribution is -2.51. The Morgan fingerprint density at radius 1 is 1.00 bits per heavy atom. The highest BCUT2D eigenvalue weighted by Gasteiger charge is 2.32. The molecule has 0 atom stereocenters. The first-order valence-electron chi connectivity index (χ1n) is 14.5. The van der Waals surface area contributed by atoms with Crippen molar-refractivity contribution in [3.8, 4) is 11.3 Å². The van der Waals surface area contributed by atoms with E-state index in [1.165, 1.54) is 37.0 Å². The van der Waals surface area contributed by atoms with Crippen LogP contribution in [0.2, 0.25) is 0 Å². The molecule has 3 aliphatic rings. The summed E-state index contributed by atoms with van der Waals surface area (Å²) >= 11 is 1.25. The maximum Gasteiger partial charge on any atom is 0.262 e. The van der Waals surface area contributed by atoms with Gasteiger partial charge < -0.3 is 14.4 Å². The zero-order chi connectivity index (χ0) is 28.7. The molecule has 9 heteroatoms. The third-order valence-electron chi connectivity index (χ3n) is 8.59. The van der Waals surface area contributed by atoms with Crippen LogP contribution < -0.4 is 4.72 Å². The Morgan fingerprint density at radius 2 is 1.78 bits per heavy atom. The zero-order valence-electron chi connectivity index (χ0n) is 24.0. The minimum Gasteiger partial charge on any atom is -0.342 e. The normalized spacial score (nSPS) is 17.8. The summed E-state index contributed by atoms with van der Waals surface area (Å²) in [6.07, 6.45) is 7.96. The number of likely N-dealkylation sites (N-methyl/N-ethyl adjacent to an activating group) is 1. The van der Waals surface area contributed by atoms with E-state index in [0.717, 1.165) is 40.6 Å². The molecule has 0 unspecified atom stereocenters. The monoisotopic (exact) mass is 571 g/mol. The second-order valence-corrected chi connectivity index (χ2v) is 12.7. The van der Waals surface area contributed by atoms with E-state index in [2.05, 4.69) is 33.6 Å². The molecule has 0 bridgehead atoms. The molecular weight excluding hydrogens is 534 g/mol. The number of fused-ring (bicyclic) bond motifs is 5. The predicted molar refractivity (Wildman–Crippen MR) is 164 cm³/mol. The third kappa shape index (κ3) is 5.28. The summed E-state index contributed by atoms with van der Waals surface area (Å²) in [5.41, 5.74) is 6.80. The molecule has 1 aromatic heterocycles. The number of piperazine rings is 1. The van der Waals surface area contributed by atoms with E-state index in [9.17, 15) is 14.4 Å². The van der Waals surface area contributed by atoms with Crippen LogP contribution in [-0.2, 0) is 16.1 Å². The second kappa shape index (κ2) is 11.4. The first-order chi connectivity index (χ1) is 19.8. The molecule has 2 fully saturated rings. The molecule has 0 radical (unpaired) electrons. The van der Waals surface area contributed by atoms with Gasteiger partial charge in [-0.2, -0.15) is 0 Å². The van der Waals surface area contributed by atoms with Crippen molar-refractivity contribution in [3.63, 3.8) is 0 Å². The Morgan fingerprint density at radius 3 is 2.54 bits per heavy atom. The molecule has 2 aliphatic heterocycles. The molecule has 1 N–H and O–H groups in total. The van der Waals surface area contributed by atoms with Gasteiger partial charge in [0.1, 0.15) is 6.54 Å². The maximum atomic E-state index is 13.9. The van der Waals surface area contributed by atoms with E-state index < -0.39 is 0 Å². The summed E-state index contributed by atoms with van der Waals surface area (Å²) in [6.45, 7) is 1.51. The third-order valence-corrected chi connectivity index (χ3v) is 9.24. The molecule has 41 heavy (non-hydrogen) atoms. The van der Waals surface area contributed by atoms with Gasteiger partial charge in [-0.25, -0.2) is 4.31 Å². The lowest BCUT2D eigenvalue weighted by molar-refractivity contribution is -0.142. The van der Waals surface area contributed by atoms with Crippen LogP contribution in [0.5, 0.6) is 0 Å². The molecule has 6 rings (SSSR count). The summed E-state index contributed by atoms with van der Waals surface area (Å²) < 4.78 is 6.99. The zero-order valence-corrected chi connectivity index (χ0v) is 24.8. The number of hydrogen-bond donors (Lipinski definition) is 1. The average molecular weight is 572 g/mol.